The topological polar surface area (TPSA) is 92.9 Å². The van der Waals surface area contributed by atoms with Gasteiger partial charge in [-0.15, -0.1) is 13.2 Å². The van der Waals surface area contributed by atoms with Gasteiger partial charge in [-0.2, -0.15) is 4.37 Å². The largest absolute Gasteiger partial charge is 0.573 e. The molecular weight excluding hydrogens is 537 g/mol. The Hall–Kier alpha value is -4.10. The lowest BCUT2D eigenvalue weighted by molar-refractivity contribution is -0.274. The van der Waals surface area contributed by atoms with E-state index in [2.05, 4.69) is 28.5 Å². The number of nitrogens with one attached hydrogen (secondary N) is 2. The van der Waals surface area contributed by atoms with E-state index < -0.39 is 12.4 Å². The van der Waals surface area contributed by atoms with E-state index in [1.807, 2.05) is 48.7 Å². The summed E-state index contributed by atoms with van der Waals surface area (Å²) in [6.07, 6.45) is 0.424. The molecule has 0 unspecified atom stereocenters. The van der Waals surface area contributed by atoms with Crippen molar-refractivity contribution in [1.82, 2.24) is 18.5 Å². The number of benzene rings is 2. The number of aryl methyl sites for hydroxylation is 2. The summed E-state index contributed by atoms with van der Waals surface area (Å²) >= 11 is 2.23. The van der Waals surface area contributed by atoms with Gasteiger partial charge in [-0.1, -0.05) is 6.07 Å². The molecule has 8 nitrogen and oxygen atoms in total. The quantitative estimate of drug-likeness (QED) is 0.175. The highest BCUT2D eigenvalue weighted by Crippen LogP contribution is 2.29. The van der Waals surface area contributed by atoms with Crippen LogP contribution in [0, 0.1) is 13.8 Å². The van der Waals surface area contributed by atoms with Crippen LogP contribution in [0.1, 0.15) is 16.1 Å². The molecule has 0 aliphatic heterocycles. The monoisotopic (exact) mass is 556 g/mol. The van der Waals surface area contributed by atoms with Gasteiger partial charge in [0.25, 0.3) is 0 Å². The van der Waals surface area contributed by atoms with Crippen LogP contribution in [0.5, 0.6) is 5.75 Å². The Balaban J connectivity index is 1.28. The molecule has 2 aromatic carbocycles. The molecule has 0 atom stereocenters. The Labute approximate surface area is 223 Å². The van der Waals surface area contributed by atoms with Crippen molar-refractivity contribution < 1.29 is 22.7 Å². The third-order valence-electron chi connectivity index (χ3n) is 5.56. The molecule has 0 aliphatic rings. The molecule has 0 saturated heterocycles. The van der Waals surface area contributed by atoms with Crippen molar-refractivity contribution >= 4 is 58.0 Å². The number of ether oxygens (including phenoxy) is 1. The van der Waals surface area contributed by atoms with Gasteiger partial charge >= 0.3 is 12.4 Å². The van der Waals surface area contributed by atoms with Gasteiger partial charge in [0, 0.05) is 28.2 Å². The van der Waals surface area contributed by atoms with Crippen LogP contribution < -0.4 is 14.8 Å². The smallest absolute Gasteiger partial charge is 0.406 e. The van der Waals surface area contributed by atoms with Crippen LogP contribution in [0.25, 0.3) is 27.7 Å². The van der Waals surface area contributed by atoms with Crippen molar-refractivity contribution in [3.05, 3.63) is 77.1 Å². The van der Waals surface area contributed by atoms with Crippen molar-refractivity contribution in [2.45, 2.75) is 20.2 Å². The zero-order valence-corrected chi connectivity index (χ0v) is 21.5. The molecule has 13 heteroatoms. The number of carbonyl (C=O) groups is 1. The van der Waals surface area contributed by atoms with Gasteiger partial charge in [0.2, 0.25) is 0 Å². The highest BCUT2D eigenvalue weighted by molar-refractivity contribution is 7.96. The number of pyridine rings is 1. The maximum atomic E-state index is 12.4. The molecule has 3 heterocycles. The SMILES string of the molecule is Cc1nsc(C)c1NC(=O)NSN=Cc1ccc2c(ccn3c(-c4ccc(OC(F)(F)F)cc4)cnc23)c1. The van der Waals surface area contributed by atoms with E-state index in [9.17, 15) is 18.0 Å². The predicted octanol–water partition coefficient (Wildman–Crippen LogP) is 6.93. The molecular formula is C25H19F3N6O2S2. The van der Waals surface area contributed by atoms with Gasteiger partial charge < -0.3 is 10.1 Å². The van der Waals surface area contributed by atoms with Crippen LogP contribution in [-0.2, 0) is 0 Å². The summed E-state index contributed by atoms with van der Waals surface area (Å²) in [5, 5.41) is 4.59. The number of halogens is 3. The van der Waals surface area contributed by atoms with Gasteiger partial charge in [0.15, 0.2) is 0 Å². The van der Waals surface area contributed by atoms with E-state index in [1.54, 1.807) is 24.5 Å². The highest BCUT2D eigenvalue weighted by atomic mass is 32.2. The molecule has 2 N–H and O–H groups in total. The number of hydrogen-bond acceptors (Lipinski definition) is 7. The zero-order valence-electron chi connectivity index (χ0n) is 19.9. The van der Waals surface area contributed by atoms with Crippen molar-refractivity contribution in [3.8, 4) is 17.0 Å². The Kier molecular flexibility index (Phi) is 6.95. The Morgan fingerprint density at radius 3 is 2.66 bits per heavy atom. The number of amides is 2. The summed E-state index contributed by atoms with van der Waals surface area (Å²) in [6.45, 7) is 3.72. The first-order valence-corrected chi connectivity index (χ1v) is 12.7. The molecule has 194 valence electrons. The van der Waals surface area contributed by atoms with Crippen LogP contribution >= 0.6 is 23.7 Å². The Bertz CT molecular complexity index is 1640. The van der Waals surface area contributed by atoms with Crippen LogP contribution in [0.2, 0.25) is 0 Å². The number of rotatable bonds is 6. The number of urea groups is 1. The van der Waals surface area contributed by atoms with Crippen molar-refractivity contribution in [3.63, 3.8) is 0 Å². The van der Waals surface area contributed by atoms with E-state index in [0.29, 0.717) is 16.9 Å². The average molecular weight is 557 g/mol. The molecule has 0 aliphatic carbocycles. The minimum atomic E-state index is -4.74. The normalized spacial score (nSPS) is 11.9. The van der Waals surface area contributed by atoms with Crippen molar-refractivity contribution in [2.75, 3.05) is 5.32 Å². The molecule has 0 saturated carbocycles. The molecule has 0 fully saturated rings. The lowest BCUT2D eigenvalue weighted by atomic mass is 10.1. The first kappa shape index (κ1) is 25.5. The van der Waals surface area contributed by atoms with Gasteiger partial charge in [0.05, 0.1) is 35.4 Å². The van der Waals surface area contributed by atoms with Gasteiger partial charge in [0.1, 0.15) is 11.4 Å². The van der Waals surface area contributed by atoms with Gasteiger partial charge in [-0.3, -0.25) is 9.12 Å². The van der Waals surface area contributed by atoms with Crippen molar-refractivity contribution in [1.29, 1.82) is 0 Å². The molecule has 5 rings (SSSR count). The standard InChI is InChI=1S/C25H19F3N6O2S2/c1-14-22(15(2)37-32-14)31-24(35)33-38-30-12-16-3-8-20-18(11-16)9-10-34-21(13-29-23(20)34)17-4-6-19(7-5-17)36-25(26,27)28/h3-13H,1-2H3,(H2,31,33,35). The summed E-state index contributed by atoms with van der Waals surface area (Å²) in [7, 11) is 0. The summed E-state index contributed by atoms with van der Waals surface area (Å²) in [5.74, 6) is -0.284. The molecule has 0 bridgehead atoms. The van der Waals surface area contributed by atoms with Crippen LogP contribution in [0.4, 0.5) is 23.7 Å². The lowest BCUT2D eigenvalue weighted by Crippen LogP contribution is -2.22. The number of carbonyl (C=O) groups excluding carboxylic acids is 1. The number of hydrogen-bond donors (Lipinski definition) is 2. The maximum Gasteiger partial charge on any atom is 0.573 e. The average Bonchev–Trinajstić information content (AvgIpc) is 3.45. The molecule has 3 aromatic heterocycles. The minimum absolute atomic E-state index is 0.284. The van der Waals surface area contributed by atoms with Crippen LogP contribution in [-0.4, -0.2) is 32.4 Å². The first-order valence-electron chi connectivity index (χ1n) is 11.1. The third-order valence-corrected chi connectivity index (χ3v) is 6.90. The van der Waals surface area contributed by atoms with E-state index >= 15 is 0 Å². The summed E-state index contributed by atoms with van der Waals surface area (Å²) < 4.78 is 54.2. The number of imidazole rings is 1. The second kappa shape index (κ2) is 10.3. The zero-order chi connectivity index (χ0) is 26.9. The predicted molar refractivity (Wildman–Crippen MR) is 144 cm³/mol. The Morgan fingerprint density at radius 2 is 1.95 bits per heavy atom. The molecule has 2 amide bonds. The Morgan fingerprint density at radius 1 is 1.16 bits per heavy atom. The van der Waals surface area contributed by atoms with Crippen LogP contribution in [0.3, 0.4) is 0 Å². The fourth-order valence-electron chi connectivity index (χ4n) is 3.87. The first-order chi connectivity index (χ1) is 18.2. The summed E-state index contributed by atoms with van der Waals surface area (Å²) in [4.78, 5) is 17.6. The fourth-order valence-corrected chi connectivity index (χ4v) is 4.88. The lowest BCUT2D eigenvalue weighted by Gasteiger charge is -2.09. The highest BCUT2D eigenvalue weighted by Gasteiger charge is 2.31. The van der Waals surface area contributed by atoms with Crippen LogP contribution in [0.15, 0.2) is 65.3 Å². The summed E-state index contributed by atoms with van der Waals surface area (Å²) in [5.41, 5.74) is 4.43. The molecule has 0 spiro atoms. The van der Waals surface area contributed by atoms with E-state index in [-0.39, 0.29) is 5.75 Å². The third kappa shape index (κ3) is 5.58. The number of fused-ring (bicyclic) bond motifs is 3. The molecule has 38 heavy (non-hydrogen) atoms. The fraction of sp³-hybridized carbons (Fsp3) is 0.120. The second-order valence-corrected chi connectivity index (χ2v) is 9.73. The summed E-state index contributed by atoms with van der Waals surface area (Å²) in [6, 6.07) is 12.9. The second-order valence-electron chi connectivity index (χ2n) is 8.15. The number of nitrogens with zero attached hydrogens (tertiary/aromatic N) is 4. The molecule has 5 aromatic rings. The number of alkyl halides is 3. The van der Waals surface area contributed by atoms with Gasteiger partial charge in [-0.25, -0.2) is 14.2 Å². The van der Waals surface area contributed by atoms with E-state index in [4.69, 9.17) is 0 Å². The van der Waals surface area contributed by atoms with Crippen molar-refractivity contribution in [2.24, 2.45) is 4.40 Å². The number of aromatic nitrogens is 3. The molecule has 0 radical (unpaired) electrons. The maximum absolute atomic E-state index is 12.4. The minimum Gasteiger partial charge on any atom is -0.406 e. The van der Waals surface area contributed by atoms with E-state index in [0.717, 1.165) is 44.7 Å². The van der Waals surface area contributed by atoms with Gasteiger partial charge in [-0.05, 0) is 78.8 Å². The number of anilines is 1. The van der Waals surface area contributed by atoms with E-state index in [1.165, 1.54) is 23.7 Å².